The van der Waals surface area contributed by atoms with E-state index in [9.17, 15) is 4.79 Å². The standard InChI is InChI=1S/C18H23N5O2/c1-21(15-7-9-22(12-19)10-8-15)18(24)23-11-17(20-13-23)14-3-5-16(25-2)6-4-14/h3-6,13,15,17H,7-11H2,1-2H3. The van der Waals surface area contributed by atoms with Crippen molar-refractivity contribution >= 4 is 12.4 Å². The Morgan fingerprint density at radius 2 is 2.00 bits per heavy atom. The summed E-state index contributed by atoms with van der Waals surface area (Å²) in [5.74, 6) is 0.808. The van der Waals surface area contributed by atoms with Crippen LogP contribution in [0.4, 0.5) is 4.79 Å². The first-order valence-electron chi connectivity index (χ1n) is 8.47. The van der Waals surface area contributed by atoms with Gasteiger partial charge in [0.05, 0.1) is 26.0 Å². The van der Waals surface area contributed by atoms with Crippen LogP contribution < -0.4 is 4.74 Å². The minimum Gasteiger partial charge on any atom is -0.497 e. The predicted octanol–water partition coefficient (Wildman–Crippen LogP) is 2.08. The van der Waals surface area contributed by atoms with Gasteiger partial charge < -0.3 is 14.5 Å². The molecule has 2 aliphatic rings. The maximum Gasteiger partial charge on any atom is 0.325 e. The molecule has 0 N–H and O–H groups in total. The van der Waals surface area contributed by atoms with Crippen molar-refractivity contribution in [2.45, 2.75) is 24.9 Å². The lowest BCUT2D eigenvalue weighted by Crippen LogP contribution is -2.48. The summed E-state index contributed by atoms with van der Waals surface area (Å²) < 4.78 is 5.17. The third-order valence-electron chi connectivity index (χ3n) is 4.96. The van der Waals surface area contributed by atoms with Crippen molar-refractivity contribution in [3.63, 3.8) is 0 Å². The van der Waals surface area contributed by atoms with Crippen molar-refractivity contribution in [3.05, 3.63) is 29.8 Å². The number of carbonyl (C=O) groups excluding carboxylic acids is 1. The van der Waals surface area contributed by atoms with Gasteiger partial charge in [-0.1, -0.05) is 12.1 Å². The van der Waals surface area contributed by atoms with Crippen LogP contribution in [0.3, 0.4) is 0 Å². The zero-order valence-electron chi connectivity index (χ0n) is 14.6. The van der Waals surface area contributed by atoms with Crippen molar-refractivity contribution in [3.8, 4) is 11.9 Å². The SMILES string of the molecule is COc1ccc(C2CN(C(=O)N(C)C3CCN(C#N)CC3)C=N2)cc1. The van der Waals surface area contributed by atoms with Gasteiger partial charge in [-0.05, 0) is 30.5 Å². The van der Waals surface area contributed by atoms with Gasteiger partial charge in [0.2, 0.25) is 0 Å². The van der Waals surface area contributed by atoms with Gasteiger partial charge >= 0.3 is 6.03 Å². The van der Waals surface area contributed by atoms with Crippen LogP contribution in [0, 0.1) is 11.5 Å². The number of hydrogen-bond acceptors (Lipinski definition) is 5. The Bertz CT molecular complexity index is 674. The number of nitrogens with zero attached hydrogens (tertiary/aromatic N) is 5. The number of likely N-dealkylation sites (tertiary alicyclic amines) is 1. The molecule has 0 bridgehead atoms. The summed E-state index contributed by atoms with van der Waals surface area (Å²) in [6, 6.07) is 7.88. The molecule has 1 fully saturated rings. The van der Waals surface area contributed by atoms with Gasteiger partial charge in [-0.25, -0.2) is 4.79 Å². The van der Waals surface area contributed by atoms with Gasteiger partial charge in [0, 0.05) is 26.2 Å². The summed E-state index contributed by atoms with van der Waals surface area (Å²) in [4.78, 5) is 22.4. The van der Waals surface area contributed by atoms with E-state index in [0.717, 1.165) is 24.2 Å². The van der Waals surface area contributed by atoms with Gasteiger partial charge in [0.15, 0.2) is 6.19 Å². The van der Waals surface area contributed by atoms with Crippen LogP contribution in [0.2, 0.25) is 0 Å². The number of amides is 2. The topological polar surface area (TPSA) is 72.2 Å². The third-order valence-corrected chi connectivity index (χ3v) is 4.96. The minimum absolute atomic E-state index is 0.0323. The van der Waals surface area contributed by atoms with Gasteiger partial charge in [-0.3, -0.25) is 9.89 Å². The summed E-state index contributed by atoms with van der Waals surface area (Å²) in [6.07, 6.45) is 5.45. The van der Waals surface area contributed by atoms with Crippen LogP contribution in [-0.4, -0.2) is 66.9 Å². The molecule has 25 heavy (non-hydrogen) atoms. The second-order valence-corrected chi connectivity index (χ2v) is 6.42. The lowest BCUT2D eigenvalue weighted by molar-refractivity contribution is 0.142. The highest BCUT2D eigenvalue weighted by molar-refractivity contribution is 5.87. The fourth-order valence-electron chi connectivity index (χ4n) is 3.30. The van der Waals surface area contributed by atoms with Crippen LogP contribution in [0.5, 0.6) is 5.75 Å². The summed E-state index contributed by atoms with van der Waals surface area (Å²) in [7, 11) is 3.48. The Balaban J connectivity index is 1.57. The van der Waals surface area contributed by atoms with Crippen LogP contribution in [0.1, 0.15) is 24.4 Å². The molecule has 1 aromatic carbocycles. The molecule has 0 radical (unpaired) electrons. The van der Waals surface area contributed by atoms with E-state index in [1.54, 1.807) is 28.1 Å². The lowest BCUT2D eigenvalue weighted by Gasteiger charge is -2.35. The van der Waals surface area contributed by atoms with Crippen LogP contribution in [0.25, 0.3) is 0 Å². The largest absolute Gasteiger partial charge is 0.497 e. The smallest absolute Gasteiger partial charge is 0.325 e. The number of piperidine rings is 1. The first kappa shape index (κ1) is 17.1. The second-order valence-electron chi connectivity index (χ2n) is 6.42. The summed E-state index contributed by atoms with van der Waals surface area (Å²) in [6.45, 7) is 1.97. The maximum atomic E-state index is 12.7. The predicted molar refractivity (Wildman–Crippen MR) is 94.3 cm³/mol. The van der Waals surface area contributed by atoms with E-state index in [1.165, 1.54) is 0 Å². The first-order valence-corrected chi connectivity index (χ1v) is 8.47. The molecule has 1 aromatic rings. The number of rotatable bonds is 3. The van der Waals surface area contributed by atoms with Gasteiger partial charge in [0.25, 0.3) is 0 Å². The number of ether oxygens (including phenoxy) is 1. The molecule has 0 spiro atoms. The Morgan fingerprint density at radius 3 is 2.60 bits per heavy atom. The van der Waals surface area contributed by atoms with Gasteiger partial charge in [0.1, 0.15) is 5.75 Å². The summed E-state index contributed by atoms with van der Waals surface area (Å²) >= 11 is 0. The first-order chi connectivity index (χ1) is 12.1. The second kappa shape index (κ2) is 7.43. The number of benzene rings is 1. The Kier molecular flexibility index (Phi) is 5.08. The van der Waals surface area contributed by atoms with E-state index in [2.05, 4.69) is 11.2 Å². The lowest BCUT2D eigenvalue weighted by atomic mass is 10.0. The Morgan fingerprint density at radius 1 is 1.32 bits per heavy atom. The Hall–Kier alpha value is -2.75. The number of carbonyl (C=O) groups is 1. The monoisotopic (exact) mass is 341 g/mol. The maximum absolute atomic E-state index is 12.7. The minimum atomic E-state index is -0.0382. The van der Waals surface area contributed by atoms with E-state index in [0.29, 0.717) is 19.6 Å². The molecule has 7 heteroatoms. The van der Waals surface area contributed by atoms with Crippen molar-refractivity contribution in [1.82, 2.24) is 14.7 Å². The number of nitriles is 1. The quantitative estimate of drug-likeness (QED) is 0.789. The van der Waals surface area contributed by atoms with E-state index in [1.807, 2.05) is 31.3 Å². The molecule has 2 aliphatic heterocycles. The van der Waals surface area contributed by atoms with E-state index >= 15 is 0 Å². The molecule has 132 valence electrons. The number of hydrogen-bond donors (Lipinski definition) is 0. The summed E-state index contributed by atoms with van der Waals surface area (Å²) in [5, 5.41) is 8.93. The molecule has 1 saturated heterocycles. The molecular weight excluding hydrogens is 318 g/mol. The molecule has 0 aromatic heterocycles. The van der Waals surface area contributed by atoms with Crippen LogP contribution >= 0.6 is 0 Å². The summed E-state index contributed by atoms with van der Waals surface area (Å²) in [5.41, 5.74) is 1.07. The zero-order valence-corrected chi connectivity index (χ0v) is 14.6. The third kappa shape index (κ3) is 3.68. The average Bonchev–Trinajstić information content (AvgIpc) is 3.17. The molecule has 1 unspecified atom stereocenters. The van der Waals surface area contributed by atoms with E-state index in [4.69, 9.17) is 10.00 Å². The fraction of sp³-hybridized carbons (Fsp3) is 0.500. The molecule has 0 saturated carbocycles. The van der Waals surface area contributed by atoms with Crippen LogP contribution in [0.15, 0.2) is 29.3 Å². The highest BCUT2D eigenvalue weighted by Crippen LogP contribution is 2.25. The molecule has 3 rings (SSSR count). The molecule has 2 heterocycles. The highest BCUT2D eigenvalue weighted by atomic mass is 16.5. The van der Waals surface area contributed by atoms with E-state index < -0.39 is 0 Å². The molecule has 7 nitrogen and oxygen atoms in total. The van der Waals surface area contributed by atoms with Crippen molar-refractivity contribution in [2.75, 3.05) is 33.8 Å². The Labute approximate surface area is 148 Å². The molecule has 1 atom stereocenters. The van der Waals surface area contributed by atoms with Gasteiger partial charge in [-0.2, -0.15) is 5.26 Å². The van der Waals surface area contributed by atoms with E-state index in [-0.39, 0.29) is 18.1 Å². The molecule has 2 amide bonds. The highest BCUT2D eigenvalue weighted by Gasteiger charge is 2.30. The molecule has 0 aliphatic carbocycles. The van der Waals surface area contributed by atoms with Crippen molar-refractivity contribution < 1.29 is 9.53 Å². The fourth-order valence-corrected chi connectivity index (χ4v) is 3.30. The number of aliphatic imine (C=N–C) groups is 1. The van der Waals surface area contributed by atoms with Crippen molar-refractivity contribution in [2.24, 2.45) is 4.99 Å². The normalized spacial score (nSPS) is 20.4. The molecular formula is C18H23N5O2. The van der Waals surface area contributed by atoms with Crippen molar-refractivity contribution in [1.29, 1.82) is 5.26 Å². The van der Waals surface area contributed by atoms with Crippen LogP contribution in [-0.2, 0) is 0 Å². The number of methoxy groups -OCH3 is 1. The van der Waals surface area contributed by atoms with Gasteiger partial charge in [-0.15, -0.1) is 0 Å². The number of urea groups is 1. The zero-order chi connectivity index (χ0) is 17.8. The average molecular weight is 341 g/mol.